The number of benzene rings is 3. The molecule has 0 saturated carbocycles. The minimum atomic E-state index is -1.06. The molecule has 0 spiro atoms. The maximum Gasteiger partial charge on any atom is 0.300 e. The van der Waals surface area contributed by atoms with E-state index in [1.165, 1.54) is 45.5 Å². The molecule has 0 radical (unpaired) electrons. The summed E-state index contributed by atoms with van der Waals surface area (Å²) in [7, 11) is 5.83. The van der Waals surface area contributed by atoms with Crippen LogP contribution in [0.4, 0.5) is 5.69 Å². The number of ketones is 1. The number of nitrogens with zero attached hydrogens (tertiary/aromatic N) is 1. The zero-order valence-electron chi connectivity index (χ0n) is 22.1. The Bertz CT molecular complexity index is 1450. The lowest BCUT2D eigenvalue weighted by molar-refractivity contribution is -0.132. The molecule has 9 nitrogen and oxygen atoms in total. The van der Waals surface area contributed by atoms with Crippen LogP contribution in [-0.4, -0.2) is 51.8 Å². The number of aliphatic hydroxyl groups excluding tert-OH is 1. The van der Waals surface area contributed by atoms with Crippen molar-refractivity contribution >= 4 is 34.7 Å². The van der Waals surface area contributed by atoms with Crippen LogP contribution in [0, 0.1) is 0 Å². The summed E-state index contributed by atoms with van der Waals surface area (Å²) in [5, 5.41) is 11.8. The van der Waals surface area contributed by atoms with Crippen molar-refractivity contribution in [3.8, 4) is 28.7 Å². The van der Waals surface area contributed by atoms with Crippen LogP contribution in [0.1, 0.15) is 24.1 Å². The summed E-state index contributed by atoms with van der Waals surface area (Å²) in [6.45, 7) is 2.18. The highest BCUT2D eigenvalue weighted by molar-refractivity contribution is 6.52. The van der Waals surface area contributed by atoms with Gasteiger partial charge in [0.15, 0.2) is 11.5 Å². The number of para-hydroxylation sites is 2. The van der Waals surface area contributed by atoms with Gasteiger partial charge in [0.25, 0.3) is 11.7 Å². The SMILES string of the molecule is CCOc1cc(C2/C(=C(\O)c3cc(Cl)c(OC)cc3OC)C(=O)C(=O)N2c2ccccc2OC)ccc1OC. The number of Topliss-reactive ketones (excluding diaryl/α,β-unsaturated/α-hetero) is 1. The number of ether oxygens (including phenoxy) is 5. The van der Waals surface area contributed by atoms with E-state index >= 15 is 0 Å². The average molecular weight is 554 g/mol. The number of hydrogen-bond acceptors (Lipinski definition) is 8. The van der Waals surface area contributed by atoms with E-state index in [9.17, 15) is 14.7 Å². The first-order valence-corrected chi connectivity index (χ1v) is 12.4. The van der Waals surface area contributed by atoms with E-state index in [0.29, 0.717) is 40.9 Å². The van der Waals surface area contributed by atoms with Crippen LogP contribution < -0.4 is 28.6 Å². The highest BCUT2D eigenvalue weighted by Crippen LogP contribution is 2.47. The molecule has 3 aromatic carbocycles. The molecule has 0 aromatic heterocycles. The number of hydrogen-bond donors (Lipinski definition) is 1. The molecular formula is C29H28ClNO8. The lowest BCUT2D eigenvalue weighted by Crippen LogP contribution is -2.29. The van der Waals surface area contributed by atoms with Crippen LogP contribution in [0.2, 0.25) is 5.02 Å². The van der Waals surface area contributed by atoms with Gasteiger partial charge in [0.1, 0.15) is 23.0 Å². The largest absolute Gasteiger partial charge is 0.507 e. The van der Waals surface area contributed by atoms with Crippen molar-refractivity contribution in [2.24, 2.45) is 0 Å². The second-order valence-electron chi connectivity index (χ2n) is 8.37. The molecular weight excluding hydrogens is 526 g/mol. The molecule has 0 bridgehead atoms. The molecule has 1 N–H and O–H groups in total. The highest BCUT2D eigenvalue weighted by Gasteiger charge is 2.48. The number of rotatable bonds is 9. The Morgan fingerprint density at radius 1 is 0.846 bits per heavy atom. The Balaban J connectivity index is 2.04. The minimum Gasteiger partial charge on any atom is -0.507 e. The predicted molar refractivity (Wildman–Crippen MR) is 146 cm³/mol. The molecule has 1 saturated heterocycles. The van der Waals surface area contributed by atoms with Gasteiger partial charge in [0.05, 0.1) is 62.9 Å². The molecule has 39 heavy (non-hydrogen) atoms. The Morgan fingerprint density at radius 3 is 2.15 bits per heavy atom. The first-order valence-electron chi connectivity index (χ1n) is 12.0. The number of aliphatic hydroxyl groups is 1. The fourth-order valence-electron chi connectivity index (χ4n) is 4.55. The van der Waals surface area contributed by atoms with Crippen molar-refractivity contribution < 1.29 is 38.4 Å². The zero-order chi connectivity index (χ0) is 28.3. The van der Waals surface area contributed by atoms with Crippen LogP contribution in [0.25, 0.3) is 5.76 Å². The smallest absolute Gasteiger partial charge is 0.300 e. The van der Waals surface area contributed by atoms with Gasteiger partial charge in [-0.3, -0.25) is 14.5 Å². The van der Waals surface area contributed by atoms with Crippen molar-refractivity contribution in [1.29, 1.82) is 0 Å². The zero-order valence-corrected chi connectivity index (χ0v) is 22.9. The quantitative estimate of drug-likeness (QED) is 0.213. The number of carbonyl (C=O) groups is 2. The molecule has 1 aliphatic heterocycles. The van der Waals surface area contributed by atoms with Gasteiger partial charge in [-0.15, -0.1) is 0 Å². The summed E-state index contributed by atoms with van der Waals surface area (Å²) in [4.78, 5) is 28.5. The number of methoxy groups -OCH3 is 4. The van der Waals surface area contributed by atoms with Gasteiger partial charge in [-0.2, -0.15) is 0 Å². The summed E-state index contributed by atoms with van der Waals surface area (Å²) in [5.41, 5.74) is 0.784. The van der Waals surface area contributed by atoms with Crippen LogP contribution in [0.5, 0.6) is 28.7 Å². The fraction of sp³-hybridized carbons (Fsp3) is 0.241. The van der Waals surface area contributed by atoms with E-state index in [-0.39, 0.29) is 21.9 Å². The van der Waals surface area contributed by atoms with E-state index in [2.05, 4.69) is 0 Å². The molecule has 1 unspecified atom stereocenters. The number of amides is 1. The maximum absolute atomic E-state index is 13.6. The summed E-state index contributed by atoms with van der Waals surface area (Å²) in [5.74, 6) is -0.455. The van der Waals surface area contributed by atoms with Crippen molar-refractivity contribution in [3.05, 3.63) is 76.3 Å². The number of halogens is 1. The molecule has 1 atom stereocenters. The Morgan fingerprint density at radius 2 is 1.51 bits per heavy atom. The van der Waals surface area contributed by atoms with Gasteiger partial charge < -0.3 is 28.8 Å². The van der Waals surface area contributed by atoms with Gasteiger partial charge in [0, 0.05) is 6.07 Å². The van der Waals surface area contributed by atoms with Gasteiger partial charge in [0.2, 0.25) is 0 Å². The van der Waals surface area contributed by atoms with Gasteiger partial charge in [-0.05, 0) is 42.8 Å². The molecule has 4 rings (SSSR count). The average Bonchev–Trinajstić information content (AvgIpc) is 3.22. The summed E-state index contributed by atoms with van der Waals surface area (Å²) >= 11 is 6.36. The second-order valence-corrected chi connectivity index (χ2v) is 8.78. The molecule has 1 aliphatic rings. The monoisotopic (exact) mass is 553 g/mol. The van der Waals surface area contributed by atoms with Crippen molar-refractivity contribution in [2.75, 3.05) is 39.9 Å². The third kappa shape index (κ3) is 4.93. The maximum atomic E-state index is 13.6. The molecule has 204 valence electrons. The molecule has 1 amide bonds. The molecule has 10 heteroatoms. The lowest BCUT2D eigenvalue weighted by atomic mass is 9.94. The standard InChI is InChI=1S/C29H28ClNO8/c1-6-39-24-13-16(11-12-21(24)36-3)26-25(27(32)17-14-18(30)23(38-5)15-22(17)37-4)28(33)29(34)31(26)19-9-7-8-10-20(19)35-2/h7-15,26,32H,6H2,1-5H3/b27-25+. The highest BCUT2D eigenvalue weighted by atomic mass is 35.5. The second kappa shape index (κ2) is 11.6. The number of anilines is 1. The van der Waals surface area contributed by atoms with Gasteiger partial charge in [-0.25, -0.2) is 0 Å². The van der Waals surface area contributed by atoms with Crippen LogP contribution in [0.15, 0.2) is 60.2 Å². The molecule has 1 fully saturated rings. The van der Waals surface area contributed by atoms with E-state index in [0.717, 1.165) is 0 Å². The van der Waals surface area contributed by atoms with E-state index in [1.807, 2.05) is 6.92 Å². The summed E-state index contributed by atoms with van der Waals surface area (Å²) in [6.07, 6.45) is 0. The summed E-state index contributed by atoms with van der Waals surface area (Å²) in [6, 6.07) is 13.7. The Hall–Kier alpha value is -4.37. The van der Waals surface area contributed by atoms with Gasteiger partial charge >= 0.3 is 0 Å². The predicted octanol–water partition coefficient (Wildman–Crippen LogP) is 5.40. The molecule has 3 aromatic rings. The first-order chi connectivity index (χ1) is 18.8. The van der Waals surface area contributed by atoms with Crippen molar-refractivity contribution in [1.82, 2.24) is 0 Å². The Kier molecular flexibility index (Phi) is 8.21. The van der Waals surface area contributed by atoms with E-state index < -0.39 is 23.5 Å². The van der Waals surface area contributed by atoms with Crippen LogP contribution >= 0.6 is 11.6 Å². The summed E-state index contributed by atoms with van der Waals surface area (Å²) < 4.78 is 27.4. The fourth-order valence-corrected chi connectivity index (χ4v) is 4.79. The first kappa shape index (κ1) is 27.7. The van der Waals surface area contributed by atoms with Crippen LogP contribution in [0.3, 0.4) is 0 Å². The minimum absolute atomic E-state index is 0.116. The topological polar surface area (TPSA) is 104 Å². The Labute approximate surface area is 231 Å². The lowest BCUT2D eigenvalue weighted by Gasteiger charge is -2.27. The van der Waals surface area contributed by atoms with E-state index in [1.54, 1.807) is 42.5 Å². The molecule has 0 aliphatic carbocycles. The normalized spacial score (nSPS) is 16.3. The van der Waals surface area contributed by atoms with Crippen molar-refractivity contribution in [3.63, 3.8) is 0 Å². The van der Waals surface area contributed by atoms with E-state index in [4.69, 9.17) is 35.3 Å². The van der Waals surface area contributed by atoms with Crippen molar-refractivity contribution in [2.45, 2.75) is 13.0 Å². The van der Waals surface area contributed by atoms with Crippen LogP contribution in [-0.2, 0) is 9.59 Å². The number of carbonyl (C=O) groups excluding carboxylic acids is 2. The van der Waals surface area contributed by atoms with Gasteiger partial charge in [-0.1, -0.05) is 29.8 Å². The third-order valence-electron chi connectivity index (χ3n) is 6.32. The third-order valence-corrected chi connectivity index (χ3v) is 6.62. The molecule has 1 heterocycles.